The highest BCUT2D eigenvalue weighted by Crippen LogP contribution is 2.38. The van der Waals surface area contributed by atoms with Crippen LogP contribution in [-0.4, -0.2) is 25.1 Å². The van der Waals surface area contributed by atoms with Crippen molar-refractivity contribution in [1.82, 2.24) is 0 Å². The smallest absolute Gasteiger partial charge is 0.323 e. The Hall–Kier alpha value is -3.28. The normalized spacial score (nSPS) is 15.0. The molecule has 0 unspecified atom stereocenters. The lowest BCUT2D eigenvalue weighted by atomic mass is 9.93. The van der Waals surface area contributed by atoms with E-state index in [4.69, 9.17) is 4.74 Å². The number of rotatable bonds is 4. The van der Waals surface area contributed by atoms with Crippen molar-refractivity contribution in [2.75, 3.05) is 28.7 Å². The number of nitrogens with one attached hydrogen (secondary N) is 2. The van der Waals surface area contributed by atoms with Crippen LogP contribution in [0.4, 0.5) is 21.9 Å². The van der Waals surface area contributed by atoms with Gasteiger partial charge in [-0.3, -0.25) is 4.79 Å². The first-order valence-corrected chi connectivity index (χ1v) is 9.55. The minimum absolute atomic E-state index is 0.0482. The van der Waals surface area contributed by atoms with E-state index in [1.54, 1.807) is 29.2 Å². The van der Waals surface area contributed by atoms with Gasteiger partial charge < -0.3 is 20.3 Å². The molecule has 0 fully saturated rings. The van der Waals surface area contributed by atoms with Gasteiger partial charge in [0.2, 0.25) is 5.91 Å². The Labute approximate surface area is 171 Å². The molecule has 2 aromatic rings. The van der Waals surface area contributed by atoms with Crippen LogP contribution in [0.3, 0.4) is 0 Å². The zero-order chi connectivity index (χ0) is 21.2. The molecule has 6 heteroatoms. The standard InChI is InChI=1S/C23H27N3O3/c1-6-9-26-19-13-17(7-8-20(19)29-14-23(4,5)21(26)27)24-22(28)25-18-11-15(2)10-16(3)12-18/h6-8,10-13H,1,9,14H2,2-5H3,(H2,24,25,28). The first-order valence-electron chi connectivity index (χ1n) is 9.55. The molecule has 3 amide bonds. The van der Waals surface area contributed by atoms with Gasteiger partial charge in [-0.2, -0.15) is 0 Å². The maximum atomic E-state index is 13.0. The highest BCUT2D eigenvalue weighted by Gasteiger charge is 2.37. The topological polar surface area (TPSA) is 70.7 Å². The third-order valence-electron chi connectivity index (χ3n) is 4.71. The quantitative estimate of drug-likeness (QED) is 0.727. The zero-order valence-corrected chi connectivity index (χ0v) is 17.3. The Balaban J connectivity index is 1.84. The Morgan fingerprint density at radius 2 is 1.79 bits per heavy atom. The number of hydrogen-bond acceptors (Lipinski definition) is 3. The molecule has 3 rings (SSSR count). The van der Waals surface area contributed by atoms with Crippen molar-refractivity contribution in [3.05, 3.63) is 60.2 Å². The molecule has 29 heavy (non-hydrogen) atoms. The van der Waals surface area contributed by atoms with Crippen LogP contribution in [0.5, 0.6) is 5.75 Å². The number of benzene rings is 2. The van der Waals surface area contributed by atoms with Gasteiger partial charge in [-0.1, -0.05) is 12.1 Å². The van der Waals surface area contributed by atoms with Crippen molar-refractivity contribution in [3.63, 3.8) is 0 Å². The Kier molecular flexibility index (Phi) is 5.64. The van der Waals surface area contributed by atoms with Crippen molar-refractivity contribution < 1.29 is 14.3 Å². The summed E-state index contributed by atoms with van der Waals surface area (Å²) in [6.45, 7) is 12.1. The summed E-state index contributed by atoms with van der Waals surface area (Å²) in [4.78, 5) is 27.1. The Bertz CT molecular complexity index is 946. The number of carbonyl (C=O) groups is 2. The molecule has 152 valence electrons. The van der Waals surface area contributed by atoms with Gasteiger partial charge in [-0.05, 0) is 69.2 Å². The number of anilines is 3. The molecule has 0 aliphatic carbocycles. The summed E-state index contributed by atoms with van der Waals surface area (Å²) in [6.07, 6.45) is 1.68. The van der Waals surface area contributed by atoms with Gasteiger partial charge in [0.1, 0.15) is 12.4 Å². The van der Waals surface area contributed by atoms with Gasteiger partial charge >= 0.3 is 6.03 Å². The number of amides is 3. The van der Waals surface area contributed by atoms with Crippen LogP contribution in [0, 0.1) is 19.3 Å². The van der Waals surface area contributed by atoms with Gasteiger partial charge in [-0.15, -0.1) is 6.58 Å². The van der Waals surface area contributed by atoms with Gasteiger partial charge in [0.25, 0.3) is 0 Å². The molecule has 2 N–H and O–H groups in total. The summed E-state index contributed by atoms with van der Waals surface area (Å²) in [7, 11) is 0. The maximum absolute atomic E-state index is 13.0. The van der Waals surface area contributed by atoms with E-state index in [0.29, 0.717) is 23.7 Å². The van der Waals surface area contributed by atoms with E-state index in [9.17, 15) is 9.59 Å². The molecule has 0 spiro atoms. The zero-order valence-electron chi connectivity index (χ0n) is 17.3. The highest BCUT2D eigenvalue weighted by molar-refractivity contribution is 6.02. The van der Waals surface area contributed by atoms with Crippen LogP contribution < -0.4 is 20.3 Å². The van der Waals surface area contributed by atoms with E-state index in [0.717, 1.165) is 16.8 Å². The monoisotopic (exact) mass is 393 g/mol. The largest absolute Gasteiger partial charge is 0.490 e. The van der Waals surface area contributed by atoms with Crippen molar-refractivity contribution >= 4 is 29.0 Å². The van der Waals surface area contributed by atoms with Crippen molar-refractivity contribution in [2.45, 2.75) is 27.7 Å². The molecular weight excluding hydrogens is 366 g/mol. The summed E-state index contributed by atoms with van der Waals surface area (Å²) in [6, 6.07) is 10.8. The third-order valence-corrected chi connectivity index (χ3v) is 4.71. The van der Waals surface area contributed by atoms with Crippen LogP contribution in [0.15, 0.2) is 49.1 Å². The van der Waals surface area contributed by atoms with Crippen LogP contribution in [-0.2, 0) is 4.79 Å². The van der Waals surface area contributed by atoms with E-state index < -0.39 is 5.41 Å². The number of carbonyl (C=O) groups excluding carboxylic acids is 2. The average Bonchev–Trinajstić information content (AvgIpc) is 2.71. The van der Waals surface area contributed by atoms with Crippen LogP contribution >= 0.6 is 0 Å². The van der Waals surface area contributed by atoms with Crippen LogP contribution in [0.1, 0.15) is 25.0 Å². The fraction of sp³-hybridized carbons (Fsp3) is 0.304. The van der Waals surface area contributed by atoms with E-state index in [-0.39, 0.29) is 18.5 Å². The van der Waals surface area contributed by atoms with E-state index in [1.807, 2.05) is 45.9 Å². The lowest BCUT2D eigenvalue weighted by molar-refractivity contribution is -0.127. The number of fused-ring (bicyclic) bond motifs is 1. The SMILES string of the molecule is C=CCN1C(=O)C(C)(C)COc2ccc(NC(=O)Nc3cc(C)cc(C)c3)cc21. The molecule has 1 aliphatic rings. The second-order valence-corrected chi connectivity index (χ2v) is 8.02. The summed E-state index contributed by atoms with van der Waals surface area (Å²) >= 11 is 0. The fourth-order valence-electron chi connectivity index (χ4n) is 3.37. The molecule has 0 radical (unpaired) electrons. The minimum atomic E-state index is -0.657. The van der Waals surface area contributed by atoms with Gasteiger partial charge in [0.15, 0.2) is 0 Å². The summed E-state index contributed by atoms with van der Waals surface area (Å²) in [5.41, 5.74) is 3.40. The second-order valence-electron chi connectivity index (χ2n) is 8.02. The number of ether oxygens (including phenoxy) is 1. The van der Waals surface area contributed by atoms with E-state index in [2.05, 4.69) is 17.2 Å². The average molecular weight is 393 g/mol. The number of urea groups is 1. The maximum Gasteiger partial charge on any atom is 0.323 e. The molecule has 6 nitrogen and oxygen atoms in total. The van der Waals surface area contributed by atoms with Crippen molar-refractivity contribution in [1.29, 1.82) is 0 Å². The third kappa shape index (κ3) is 4.59. The van der Waals surface area contributed by atoms with E-state index >= 15 is 0 Å². The van der Waals surface area contributed by atoms with Gasteiger partial charge in [0, 0.05) is 17.9 Å². The Morgan fingerprint density at radius 3 is 2.45 bits per heavy atom. The summed E-state index contributed by atoms with van der Waals surface area (Å²) < 4.78 is 5.87. The van der Waals surface area contributed by atoms with Gasteiger partial charge in [-0.25, -0.2) is 4.79 Å². The number of nitrogens with zero attached hydrogens (tertiary/aromatic N) is 1. The molecule has 1 heterocycles. The fourth-order valence-corrected chi connectivity index (χ4v) is 3.37. The predicted molar refractivity (Wildman–Crippen MR) is 117 cm³/mol. The first kappa shape index (κ1) is 20.5. The van der Waals surface area contributed by atoms with Gasteiger partial charge in [0.05, 0.1) is 11.1 Å². The summed E-state index contributed by atoms with van der Waals surface area (Å²) in [5.74, 6) is 0.555. The van der Waals surface area contributed by atoms with Crippen molar-refractivity contribution in [3.8, 4) is 5.75 Å². The van der Waals surface area contributed by atoms with E-state index in [1.165, 1.54) is 0 Å². The van der Waals surface area contributed by atoms with Crippen LogP contribution in [0.2, 0.25) is 0 Å². The number of aryl methyl sites for hydroxylation is 2. The van der Waals surface area contributed by atoms with Crippen LogP contribution in [0.25, 0.3) is 0 Å². The molecule has 0 atom stereocenters. The number of hydrogen-bond donors (Lipinski definition) is 2. The Morgan fingerprint density at radius 1 is 1.14 bits per heavy atom. The molecule has 0 aromatic heterocycles. The van der Waals surface area contributed by atoms with Crippen molar-refractivity contribution in [2.24, 2.45) is 5.41 Å². The highest BCUT2D eigenvalue weighted by atomic mass is 16.5. The predicted octanol–water partition coefficient (Wildman–Crippen LogP) is 4.89. The molecule has 0 bridgehead atoms. The lowest BCUT2D eigenvalue weighted by Crippen LogP contribution is -2.42. The lowest BCUT2D eigenvalue weighted by Gasteiger charge is -2.27. The molecule has 1 aliphatic heterocycles. The first-order chi connectivity index (χ1) is 13.7. The second kappa shape index (κ2) is 7.99. The molecule has 0 saturated heterocycles. The minimum Gasteiger partial charge on any atom is -0.490 e. The molecular formula is C23H27N3O3. The molecule has 2 aromatic carbocycles. The summed E-state index contributed by atoms with van der Waals surface area (Å²) in [5, 5.41) is 5.67. The molecule has 0 saturated carbocycles.